The first-order valence-corrected chi connectivity index (χ1v) is 14.9. The Hall–Kier alpha value is -3.46. The third kappa shape index (κ3) is 3.47. The molecule has 2 aliphatic heterocycles. The summed E-state index contributed by atoms with van der Waals surface area (Å²) < 4.78 is 0. The minimum atomic E-state index is 1.13. The van der Waals surface area contributed by atoms with Crippen molar-refractivity contribution in [1.29, 1.82) is 0 Å². The Morgan fingerprint density at radius 1 is 0.553 bits per heavy atom. The molecule has 0 saturated carbocycles. The van der Waals surface area contributed by atoms with Crippen LogP contribution in [-0.2, 0) is 0 Å². The molecule has 2 heteroatoms. The van der Waals surface area contributed by atoms with E-state index >= 15 is 0 Å². The SMILES string of the molecule is CC1=CCCC(c2ccc3c(c2)Sc2ccc4c5c(ccc-3c25)-c2ccc(-c3cccc(C)c3)cc2S4)=C1. The Morgan fingerprint density at radius 3 is 1.82 bits per heavy atom. The summed E-state index contributed by atoms with van der Waals surface area (Å²) in [4.78, 5) is 5.46. The zero-order valence-electron chi connectivity index (χ0n) is 21.5. The molecule has 5 aromatic rings. The number of rotatable bonds is 2. The average Bonchev–Trinajstić information content (AvgIpc) is 2.94. The van der Waals surface area contributed by atoms with Gasteiger partial charge in [0.25, 0.3) is 0 Å². The van der Waals surface area contributed by atoms with Gasteiger partial charge in [0.1, 0.15) is 0 Å². The van der Waals surface area contributed by atoms with Crippen LogP contribution in [-0.4, -0.2) is 0 Å². The molecule has 0 N–H and O–H groups in total. The Balaban J connectivity index is 1.26. The molecule has 182 valence electrons. The maximum atomic E-state index is 2.42. The Morgan fingerprint density at radius 2 is 1.16 bits per heavy atom. The van der Waals surface area contributed by atoms with Gasteiger partial charge in [-0.1, -0.05) is 107 Å². The molecular weight excluding hydrogens is 497 g/mol. The van der Waals surface area contributed by atoms with E-state index in [1.54, 1.807) is 0 Å². The van der Waals surface area contributed by atoms with Crippen molar-refractivity contribution < 1.29 is 0 Å². The van der Waals surface area contributed by atoms with Crippen LogP contribution in [0.2, 0.25) is 0 Å². The van der Waals surface area contributed by atoms with Crippen molar-refractivity contribution >= 4 is 39.9 Å². The normalized spacial score (nSPS) is 15.0. The number of hydrogen-bond acceptors (Lipinski definition) is 2. The van der Waals surface area contributed by atoms with E-state index in [0.29, 0.717) is 0 Å². The van der Waals surface area contributed by atoms with Gasteiger partial charge in [-0.05, 0) is 95.5 Å². The van der Waals surface area contributed by atoms with Gasteiger partial charge in [-0.3, -0.25) is 0 Å². The molecule has 3 aliphatic rings. The van der Waals surface area contributed by atoms with Gasteiger partial charge in [0, 0.05) is 30.4 Å². The summed E-state index contributed by atoms with van der Waals surface area (Å²) in [5.41, 5.74) is 13.5. The van der Waals surface area contributed by atoms with Crippen LogP contribution in [0.15, 0.2) is 122 Å². The second-order valence-corrected chi connectivity index (χ2v) is 12.8. The van der Waals surface area contributed by atoms with Gasteiger partial charge in [-0.15, -0.1) is 0 Å². The molecule has 0 spiro atoms. The molecule has 0 atom stereocenters. The van der Waals surface area contributed by atoms with Gasteiger partial charge in [-0.2, -0.15) is 0 Å². The highest BCUT2D eigenvalue weighted by molar-refractivity contribution is 8.00. The molecule has 0 nitrogen and oxygen atoms in total. The standard InChI is InChI=1S/C36H26S2/c1-21-5-3-7-23(17-21)25-9-11-27-29-13-14-30-28-12-10-26(24-8-4-6-22(2)18-24)20-34(28)38-32-16-15-31(35(29)36(30)32)37-33(27)19-25/h3,5-7,9-20H,4,8H2,1-2H3. The molecule has 1 aliphatic carbocycles. The maximum Gasteiger partial charge on any atom is 0.0208 e. The minimum Gasteiger partial charge on any atom is -0.0887 e. The van der Waals surface area contributed by atoms with Crippen molar-refractivity contribution in [1.82, 2.24) is 0 Å². The molecule has 0 amide bonds. The predicted molar refractivity (Wildman–Crippen MR) is 164 cm³/mol. The fourth-order valence-corrected chi connectivity index (χ4v) is 8.56. The lowest BCUT2D eigenvalue weighted by atomic mass is 9.89. The molecule has 0 fully saturated rings. The quantitative estimate of drug-likeness (QED) is 0.221. The van der Waals surface area contributed by atoms with Crippen LogP contribution in [0.5, 0.6) is 0 Å². The third-order valence-corrected chi connectivity index (χ3v) is 10.3. The second-order valence-electron chi connectivity index (χ2n) is 10.6. The first-order valence-electron chi connectivity index (χ1n) is 13.3. The largest absolute Gasteiger partial charge is 0.0887 e. The fourth-order valence-electron chi connectivity index (χ4n) is 6.24. The average molecular weight is 523 g/mol. The summed E-state index contributed by atoms with van der Waals surface area (Å²) in [6.45, 7) is 4.37. The number of benzene rings is 5. The lowest BCUT2D eigenvalue weighted by Crippen LogP contribution is -2.00. The molecule has 0 bridgehead atoms. The molecule has 5 aromatic carbocycles. The zero-order valence-corrected chi connectivity index (χ0v) is 23.1. The Labute approximate surface area is 232 Å². The van der Waals surface area contributed by atoms with E-state index in [1.807, 2.05) is 23.5 Å². The summed E-state index contributed by atoms with van der Waals surface area (Å²) in [7, 11) is 0. The highest BCUT2D eigenvalue weighted by Gasteiger charge is 2.27. The van der Waals surface area contributed by atoms with E-state index in [2.05, 4.69) is 111 Å². The van der Waals surface area contributed by atoms with Crippen LogP contribution in [0.25, 0.3) is 49.7 Å². The highest BCUT2D eigenvalue weighted by Crippen LogP contribution is 2.56. The van der Waals surface area contributed by atoms with Crippen molar-refractivity contribution in [3.8, 4) is 33.4 Å². The summed E-state index contributed by atoms with van der Waals surface area (Å²) in [6, 6.07) is 32.3. The van der Waals surface area contributed by atoms with Crippen molar-refractivity contribution in [3.05, 3.63) is 114 Å². The topological polar surface area (TPSA) is 0 Å². The number of aryl methyl sites for hydroxylation is 1. The molecule has 2 heterocycles. The van der Waals surface area contributed by atoms with Crippen LogP contribution < -0.4 is 0 Å². The van der Waals surface area contributed by atoms with E-state index in [4.69, 9.17) is 0 Å². The van der Waals surface area contributed by atoms with Crippen LogP contribution >= 0.6 is 23.5 Å². The predicted octanol–water partition coefficient (Wildman–Crippen LogP) is 11.2. The van der Waals surface area contributed by atoms with Crippen molar-refractivity contribution in [2.45, 2.75) is 46.3 Å². The van der Waals surface area contributed by atoms with E-state index in [9.17, 15) is 0 Å². The summed E-state index contributed by atoms with van der Waals surface area (Å²) in [6.07, 6.45) is 6.96. The van der Waals surface area contributed by atoms with E-state index in [-0.39, 0.29) is 0 Å². The van der Waals surface area contributed by atoms with Gasteiger partial charge in [-0.25, -0.2) is 0 Å². The maximum absolute atomic E-state index is 2.42. The van der Waals surface area contributed by atoms with Crippen LogP contribution in [0.1, 0.15) is 30.9 Å². The molecule has 0 radical (unpaired) electrons. The lowest BCUT2D eigenvalue weighted by Gasteiger charge is -2.27. The van der Waals surface area contributed by atoms with E-state index in [1.165, 1.54) is 86.0 Å². The second kappa shape index (κ2) is 8.53. The summed E-state index contributed by atoms with van der Waals surface area (Å²) >= 11 is 3.86. The fraction of sp³-hybridized carbons (Fsp3) is 0.111. The van der Waals surface area contributed by atoms with Gasteiger partial charge < -0.3 is 0 Å². The number of allylic oxidation sites excluding steroid dienone is 4. The van der Waals surface area contributed by atoms with Gasteiger partial charge in [0.05, 0.1) is 0 Å². The summed E-state index contributed by atoms with van der Waals surface area (Å²) in [5, 5.41) is 2.83. The minimum absolute atomic E-state index is 1.13. The smallest absolute Gasteiger partial charge is 0.0208 e. The first kappa shape index (κ1) is 22.5. The Bertz CT molecular complexity index is 1890. The molecule has 8 rings (SSSR count). The van der Waals surface area contributed by atoms with E-state index < -0.39 is 0 Å². The molecule has 0 saturated heterocycles. The molecule has 0 unspecified atom stereocenters. The van der Waals surface area contributed by atoms with E-state index in [0.717, 1.165) is 12.8 Å². The molecular formula is C36H26S2. The number of fused-ring (bicyclic) bond motifs is 4. The van der Waals surface area contributed by atoms with Gasteiger partial charge >= 0.3 is 0 Å². The monoisotopic (exact) mass is 522 g/mol. The van der Waals surface area contributed by atoms with Crippen LogP contribution in [0.4, 0.5) is 0 Å². The highest BCUT2D eigenvalue weighted by atomic mass is 32.2. The Kier molecular flexibility index (Phi) is 5.05. The van der Waals surface area contributed by atoms with Crippen molar-refractivity contribution in [3.63, 3.8) is 0 Å². The van der Waals surface area contributed by atoms with Gasteiger partial charge in [0.15, 0.2) is 0 Å². The van der Waals surface area contributed by atoms with Crippen LogP contribution in [0.3, 0.4) is 0 Å². The lowest BCUT2D eigenvalue weighted by molar-refractivity contribution is 1.03. The zero-order chi connectivity index (χ0) is 25.4. The summed E-state index contributed by atoms with van der Waals surface area (Å²) in [5.74, 6) is 0. The van der Waals surface area contributed by atoms with Crippen molar-refractivity contribution in [2.24, 2.45) is 0 Å². The van der Waals surface area contributed by atoms with Crippen LogP contribution in [0, 0.1) is 6.92 Å². The number of hydrogen-bond donors (Lipinski definition) is 0. The molecule has 0 aromatic heterocycles. The van der Waals surface area contributed by atoms with Crippen molar-refractivity contribution in [2.75, 3.05) is 0 Å². The third-order valence-electron chi connectivity index (χ3n) is 8.07. The van der Waals surface area contributed by atoms with Gasteiger partial charge in [0.2, 0.25) is 0 Å². The first-order chi connectivity index (χ1) is 18.6. The molecule has 38 heavy (non-hydrogen) atoms.